The number of aromatic hydroxyl groups is 1. The van der Waals surface area contributed by atoms with Gasteiger partial charge in [0.05, 0.1) is 11.6 Å². The van der Waals surface area contributed by atoms with E-state index in [0.29, 0.717) is 22.0 Å². The van der Waals surface area contributed by atoms with Crippen molar-refractivity contribution in [3.63, 3.8) is 0 Å². The molecule has 1 unspecified atom stereocenters. The fourth-order valence-corrected chi connectivity index (χ4v) is 3.45. The highest BCUT2D eigenvalue weighted by atomic mass is 19.1. The number of hydrogen-bond acceptors (Lipinski definition) is 5. The molecule has 0 spiro atoms. The van der Waals surface area contributed by atoms with Crippen LogP contribution in [0.1, 0.15) is 33.2 Å². The fourth-order valence-electron chi connectivity index (χ4n) is 3.45. The molecule has 2 aromatic heterocycles. The van der Waals surface area contributed by atoms with Crippen LogP contribution in [0.15, 0.2) is 67.0 Å². The van der Waals surface area contributed by atoms with E-state index in [0.717, 1.165) is 12.1 Å². The Morgan fingerprint density at radius 3 is 2.65 bits per heavy atom. The van der Waals surface area contributed by atoms with Crippen molar-refractivity contribution >= 4 is 16.8 Å². The first-order valence-electron chi connectivity index (χ1n) is 10.2. The summed E-state index contributed by atoms with van der Waals surface area (Å²) in [5.41, 5.74) is 1.66. The molecule has 0 saturated heterocycles. The Balaban J connectivity index is 1.77. The number of carbonyl (C=O) groups is 1. The number of aromatic nitrogens is 2. The van der Waals surface area contributed by atoms with Gasteiger partial charge in [0, 0.05) is 36.0 Å². The van der Waals surface area contributed by atoms with Crippen molar-refractivity contribution in [3.05, 3.63) is 101 Å². The van der Waals surface area contributed by atoms with E-state index in [1.54, 1.807) is 18.5 Å². The van der Waals surface area contributed by atoms with Crippen LogP contribution in [0, 0.1) is 23.5 Å². The minimum atomic E-state index is -0.971. The van der Waals surface area contributed by atoms with Crippen LogP contribution in [0.25, 0.3) is 10.9 Å². The lowest BCUT2D eigenvalue weighted by Gasteiger charge is -2.21. The number of nitrogens with one attached hydrogen (secondary N) is 1. The molecule has 2 heterocycles. The van der Waals surface area contributed by atoms with E-state index in [9.17, 15) is 18.7 Å². The van der Waals surface area contributed by atoms with Crippen LogP contribution in [0.4, 0.5) is 8.78 Å². The SMILES string of the molecule is COCC#Cc1cc(C(=O)NC(c2ccc(F)cc2)c2cc(F)ccc2O)nc2ccncc12. The maximum atomic E-state index is 14.0. The minimum Gasteiger partial charge on any atom is -0.508 e. The second kappa shape index (κ2) is 10.1. The number of rotatable bonds is 5. The van der Waals surface area contributed by atoms with E-state index in [-0.39, 0.29) is 23.6 Å². The number of hydrogen-bond donors (Lipinski definition) is 2. The van der Waals surface area contributed by atoms with Gasteiger partial charge in [-0.1, -0.05) is 24.0 Å². The van der Waals surface area contributed by atoms with E-state index in [4.69, 9.17) is 4.74 Å². The van der Waals surface area contributed by atoms with Crippen molar-refractivity contribution < 1.29 is 23.4 Å². The number of benzene rings is 2. The number of methoxy groups -OCH3 is 1. The van der Waals surface area contributed by atoms with Gasteiger partial charge >= 0.3 is 0 Å². The highest BCUT2D eigenvalue weighted by Crippen LogP contribution is 2.30. The Morgan fingerprint density at radius 1 is 1.12 bits per heavy atom. The molecule has 2 N–H and O–H groups in total. The molecule has 0 fully saturated rings. The fraction of sp³-hybridized carbons (Fsp3) is 0.115. The third-order valence-corrected chi connectivity index (χ3v) is 5.06. The Morgan fingerprint density at radius 2 is 1.88 bits per heavy atom. The first-order chi connectivity index (χ1) is 16.5. The number of pyridine rings is 2. The number of fused-ring (bicyclic) bond motifs is 1. The van der Waals surface area contributed by atoms with Gasteiger partial charge in [-0.3, -0.25) is 9.78 Å². The van der Waals surface area contributed by atoms with Crippen LogP contribution in [0.5, 0.6) is 5.75 Å². The topological polar surface area (TPSA) is 84.3 Å². The van der Waals surface area contributed by atoms with Crippen LogP contribution < -0.4 is 5.32 Å². The molecular formula is C26H19F2N3O3. The summed E-state index contributed by atoms with van der Waals surface area (Å²) in [5.74, 6) is 3.93. The Hall–Kier alpha value is -4.35. The smallest absolute Gasteiger partial charge is 0.270 e. The number of phenolic OH excluding ortho intramolecular Hbond substituents is 1. The molecule has 1 amide bonds. The second-order valence-corrected chi connectivity index (χ2v) is 7.34. The molecule has 0 bridgehead atoms. The summed E-state index contributed by atoms with van der Waals surface area (Å²) in [4.78, 5) is 21.8. The molecule has 4 aromatic rings. The summed E-state index contributed by atoms with van der Waals surface area (Å²) in [7, 11) is 1.52. The lowest BCUT2D eigenvalue weighted by atomic mass is 9.97. The number of ether oxygens (including phenoxy) is 1. The zero-order chi connectivity index (χ0) is 24.1. The average Bonchev–Trinajstić information content (AvgIpc) is 2.84. The van der Waals surface area contributed by atoms with Gasteiger partial charge in [0.1, 0.15) is 29.7 Å². The van der Waals surface area contributed by atoms with Crippen molar-refractivity contribution in [2.75, 3.05) is 13.7 Å². The summed E-state index contributed by atoms with van der Waals surface area (Å²) >= 11 is 0. The van der Waals surface area contributed by atoms with Gasteiger partial charge in [0.25, 0.3) is 5.91 Å². The number of halogens is 2. The molecule has 0 aliphatic rings. The quantitative estimate of drug-likeness (QED) is 0.439. The van der Waals surface area contributed by atoms with Gasteiger partial charge in [-0.25, -0.2) is 13.8 Å². The van der Waals surface area contributed by atoms with Crippen LogP contribution in [0.2, 0.25) is 0 Å². The number of nitrogens with zero attached hydrogens (tertiary/aromatic N) is 2. The molecule has 4 rings (SSSR count). The summed E-state index contributed by atoms with van der Waals surface area (Å²) in [6, 6.07) is 11.0. The maximum Gasteiger partial charge on any atom is 0.270 e. The lowest BCUT2D eigenvalue weighted by molar-refractivity contribution is 0.0938. The summed E-state index contributed by atoms with van der Waals surface area (Å²) in [6.45, 7) is 0.205. The maximum absolute atomic E-state index is 14.0. The zero-order valence-corrected chi connectivity index (χ0v) is 18.0. The molecule has 0 radical (unpaired) electrons. The van der Waals surface area contributed by atoms with Gasteiger partial charge < -0.3 is 15.2 Å². The Labute approximate surface area is 194 Å². The third kappa shape index (κ3) is 5.00. The minimum absolute atomic E-state index is 0.0587. The van der Waals surface area contributed by atoms with Gasteiger partial charge in [0.2, 0.25) is 0 Å². The summed E-state index contributed by atoms with van der Waals surface area (Å²) in [6.07, 6.45) is 3.16. The highest BCUT2D eigenvalue weighted by molar-refractivity contribution is 5.97. The van der Waals surface area contributed by atoms with Gasteiger partial charge in [0.15, 0.2) is 0 Å². The number of carbonyl (C=O) groups excluding carboxylic acids is 1. The summed E-state index contributed by atoms with van der Waals surface area (Å²) < 4.78 is 32.5. The van der Waals surface area contributed by atoms with E-state index >= 15 is 0 Å². The van der Waals surface area contributed by atoms with Crippen LogP contribution in [-0.2, 0) is 4.74 Å². The van der Waals surface area contributed by atoms with E-state index in [1.807, 2.05) is 0 Å². The first-order valence-corrected chi connectivity index (χ1v) is 10.2. The lowest BCUT2D eigenvalue weighted by Crippen LogP contribution is -2.30. The largest absolute Gasteiger partial charge is 0.508 e. The predicted molar refractivity (Wildman–Crippen MR) is 122 cm³/mol. The monoisotopic (exact) mass is 459 g/mol. The van der Waals surface area contributed by atoms with Crippen LogP contribution >= 0.6 is 0 Å². The molecule has 0 aliphatic carbocycles. The van der Waals surface area contributed by atoms with Crippen molar-refractivity contribution in [1.82, 2.24) is 15.3 Å². The van der Waals surface area contributed by atoms with Crippen molar-refractivity contribution in [2.24, 2.45) is 0 Å². The zero-order valence-electron chi connectivity index (χ0n) is 18.0. The summed E-state index contributed by atoms with van der Waals surface area (Å²) in [5, 5.41) is 13.8. The molecule has 34 heavy (non-hydrogen) atoms. The van der Waals surface area contributed by atoms with Crippen molar-refractivity contribution in [2.45, 2.75) is 6.04 Å². The predicted octanol–water partition coefficient (Wildman–Crippen LogP) is 4.13. The number of phenols is 1. The molecular weight excluding hydrogens is 440 g/mol. The highest BCUT2D eigenvalue weighted by Gasteiger charge is 2.23. The Bertz CT molecular complexity index is 1410. The second-order valence-electron chi connectivity index (χ2n) is 7.34. The van der Waals surface area contributed by atoms with Gasteiger partial charge in [-0.2, -0.15) is 0 Å². The standard InChI is InChI=1S/C26H19F2N3O3/c1-34-12-2-3-17-13-23(30-22-10-11-29-15-21(17)22)26(33)31-25(16-4-6-18(27)7-5-16)20-14-19(28)8-9-24(20)32/h4-11,13-15,25,32H,12H2,1H3,(H,31,33). The normalized spacial score (nSPS) is 11.5. The Kier molecular flexibility index (Phi) is 6.76. The average molecular weight is 459 g/mol. The number of amides is 1. The third-order valence-electron chi connectivity index (χ3n) is 5.06. The first kappa shape index (κ1) is 22.8. The molecule has 6 nitrogen and oxygen atoms in total. The van der Waals surface area contributed by atoms with Crippen molar-refractivity contribution in [3.8, 4) is 17.6 Å². The molecule has 170 valence electrons. The van der Waals surface area contributed by atoms with Gasteiger partial charge in [-0.05, 0) is 48.0 Å². The molecule has 2 aromatic carbocycles. The molecule has 1 atom stereocenters. The van der Waals surface area contributed by atoms with Gasteiger partial charge in [-0.15, -0.1) is 0 Å². The van der Waals surface area contributed by atoms with Crippen LogP contribution in [-0.4, -0.2) is 34.7 Å². The van der Waals surface area contributed by atoms with E-state index in [1.165, 1.54) is 43.5 Å². The molecule has 8 heteroatoms. The van der Waals surface area contributed by atoms with Crippen molar-refractivity contribution in [1.29, 1.82) is 0 Å². The van der Waals surface area contributed by atoms with Crippen LogP contribution in [0.3, 0.4) is 0 Å². The van der Waals surface area contributed by atoms with E-state index < -0.39 is 23.6 Å². The van der Waals surface area contributed by atoms with E-state index in [2.05, 4.69) is 27.1 Å². The molecule has 0 aliphatic heterocycles. The molecule has 0 saturated carbocycles.